The van der Waals surface area contributed by atoms with Crippen molar-refractivity contribution in [3.8, 4) is 0 Å². The second-order valence-corrected chi connectivity index (χ2v) is 7.29. The zero-order valence-electron chi connectivity index (χ0n) is 11.4. The van der Waals surface area contributed by atoms with Gasteiger partial charge in [0.2, 0.25) is 5.91 Å². The lowest BCUT2D eigenvalue weighted by Crippen LogP contribution is -2.41. The van der Waals surface area contributed by atoms with Gasteiger partial charge >= 0.3 is 0 Å². The molecule has 1 atom stereocenters. The van der Waals surface area contributed by atoms with E-state index >= 15 is 0 Å². The van der Waals surface area contributed by atoms with Gasteiger partial charge < -0.3 is 11.1 Å². The number of halogens is 1. The fourth-order valence-electron chi connectivity index (χ4n) is 1.82. The lowest BCUT2D eigenvalue weighted by molar-refractivity contribution is -0.118. The smallest absolute Gasteiger partial charge is 0.235 e. The SMILES string of the molecule is CCCCCS(=O)(=O)CC(=O)NCC(N)C1CC1.Cl. The third-order valence-corrected chi connectivity index (χ3v) is 4.79. The Kier molecular flexibility index (Phi) is 8.61. The Hall–Kier alpha value is -0.330. The third kappa shape index (κ3) is 8.44. The van der Waals surface area contributed by atoms with Crippen LogP contribution in [0.15, 0.2) is 0 Å². The molecule has 0 aromatic heterocycles. The highest BCUT2D eigenvalue weighted by molar-refractivity contribution is 7.92. The molecule has 5 nitrogen and oxygen atoms in total. The van der Waals surface area contributed by atoms with Crippen molar-refractivity contribution in [1.29, 1.82) is 0 Å². The van der Waals surface area contributed by atoms with Gasteiger partial charge in [0, 0.05) is 12.6 Å². The molecule has 0 bridgehead atoms. The predicted molar refractivity (Wildman–Crippen MR) is 79.1 cm³/mol. The molecular formula is C12H25ClN2O3S. The predicted octanol–water partition coefficient (Wildman–Crippen LogP) is 0.867. The maximum Gasteiger partial charge on any atom is 0.235 e. The van der Waals surface area contributed by atoms with E-state index in [-0.39, 0.29) is 24.2 Å². The van der Waals surface area contributed by atoms with Gasteiger partial charge in [-0.3, -0.25) is 4.79 Å². The maximum absolute atomic E-state index is 11.6. The van der Waals surface area contributed by atoms with Gasteiger partial charge in [0.1, 0.15) is 5.75 Å². The number of carbonyl (C=O) groups is 1. The van der Waals surface area contributed by atoms with Crippen LogP contribution in [0.5, 0.6) is 0 Å². The summed E-state index contributed by atoms with van der Waals surface area (Å²) in [5.74, 6) is -0.231. The third-order valence-electron chi connectivity index (χ3n) is 3.17. The van der Waals surface area contributed by atoms with Crippen molar-refractivity contribution in [3.63, 3.8) is 0 Å². The second-order valence-electron chi connectivity index (χ2n) is 5.10. The summed E-state index contributed by atoms with van der Waals surface area (Å²) in [5, 5.41) is 2.61. The number of sulfone groups is 1. The monoisotopic (exact) mass is 312 g/mol. The van der Waals surface area contributed by atoms with E-state index in [0.717, 1.165) is 25.7 Å². The average Bonchev–Trinajstić information content (AvgIpc) is 3.09. The van der Waals surface area contributed by atoms with Crippen LogP contribution in [0.3, 0.4) is 0 Å². The van der Waals surface area contributed by atoms with E-state index in [2.05, 4.69) is 5.32 Å². The summed E-state index contributed by atoms with van der Waals surface area (Å²) in [5.41, 5.74) is 5.83. The van der Waals surface area contributed by atoms with Crippen LogP contribution < -0.4 is 11.1 Å². The Balaban J connectivity index is 0.00000324. The van der Waals surface area contributed by atoms with Crippen molar-refractivity contribution < 1.29 is 13.2 Å². The minimum absolute atomic E-state index is 0. The Bertz CT molecular complexity index is 369. The zero-order chi connectivity index (χ0) is 13.6. The molecule has 1 unspecified atom stereocenters. The standard InChI is InChI=1S/C12H24N2O3S.ClH/c1-2-3-4-7-18(16,17)9-12(15)14-8-11(13)10-5-6-10;/h10-11H,2-9,13H2,1H3,(H,14,15);1H. The Labute approximate surface area is 122 Å². The summed E-state index contributed by atoms with van der Waals surface area (Å²) >= 11 is 0. The van der Waals surface area contributed by atoms with Crippen molar-refractivity contribution in [2.24, 2.45) is 11.7 Å². The van der Waals surface area contributed by atoms with Crippen molar-refractivity contribution in [2.45, 2.75) is 45.1 Å². The highest BCUT2D eigenvalue weighted by Gasteiger charge is 2.28. The van der Waals surface area contributed by atoms with Gasteiger partial charge in [0.25, 0.3) is 0 Å². The number of nitrogens with one attached hydrogen (secondary N) is 1. The van der Waals surface area contributed by atoms with E-state index < -0.39 is 21.5 Å². The van der Waals surface area contributed by atoms with Crippen molar-refractivity contribution in [1.82, 2.24) is 5.32 Å². The van der Waals surface area contributed by atoms with Gasteiger partial charge in [-0.05, 0) is 25.2 Å². The number of rotatable bonds is 9. The quantitative estimate of drug-likeness (QED) is 0.618. The van der Waals surface area contributed by atoms with Crippen LogP contribution in [0.1, 0.15) is 39.0 Å². The van der Waals surface area contributed by atoms with E-state index in [9.17, 15) is 13.2 Å². The summed E-state index contributed by atoms with van der Waals surface area (Å²) < 4.78 is 23.2. The summed E-state index contributed by atoms with van der Waals surface area (Å²) in [6.07, 6.45) is 4.72. The first kappa shape index (κ1) is 18.7. The van der Waals surface area contributed by atoms with Crippen molar-refractivity contribution in [2.75, 3.05) is 18.1 Å². The van der Waals surface area contributed by atoms with Crippen molar-refractivity contribution in [3.05, 3.63) is 0 Å². The molecular weight excluding hydrogens is 288 g/mol. The Morgan fingerprint density at radius 1 is 1.37 bits per heavy atom. The first-order chi connectivity index (χ1) is 8.44. The van der Waals surface area contributed by atoms with E-state index in [4.69, 9.17) is 5.73 Å². The number of nitrogens with two attached hydrogens (primary N) is 1. The molecule has 0 saturated heterocycles. The molecule has 0 spiro atoms. The summed E-state index contributed by atoms with van der Waals surface area (Å²) in [4.78, 5) is 11.5. The molecule has 0 aliphatic heterocycles. The molecule has 0 radical (unpaired) electrons. The highest BCUT2D eigenvalue weighted by atomic mass is 35.5. The molecule has 1 aliphatic carbocycles. The molecule has 19 heavy (non-hydrogen) atoms. The van der Waals surface area contributed by atoms with Crippen LogP contribution in [0.25, 0.3) is 0 Å². The first-order valence-corrected chi connectivity index (χ1v) is 8.49. The van der Waals surface area contributed by atoms with E-state index in [0.29, 0.717) is 18.9 Å². The van der Waals surface area contributed by atoms with E-state index in [1.165, 1.54) is 0 Å². The lowest BCUT2D eigenvalue weighted by atomic mass is 10.2. The fraction of sp³-hybridized carbons (Fsp3) is 0.917. The number of carbonyl (C=O) groups excluding carboxylic acids is 1. The number of hydrogen-bond acceptors (Lipinski definition) is 4. The van der Waals surface area contributed by atoms with Gasteiger partial charge in [-0.25, -0.2) is 8.42 Å². The molecule has 3 N–H and O–H groups in total. The molecule has 1 saturated carbocycles. The largest absolute Gasteiger partial charge is 0.354 e. The molecule has 1 rings (SSSR count). The molecule has 7 heteroatoms. The average molecular weight is 313 g/mol. The molecule has 1 amide bonds. The van der Waals surface area contributed by atoms with Gasteiger partial charge in [0.15, 0.2) is 9.84 Å². The topological polar surface area (TPSA) is 89.3 Å². The van der Waals surface area contributed by atoms with Crippen LogP contribution in [-0.4, -0.2) is 38.4 Å². The number of unbranched alkanes of at least 4 members (excludes halogenated alkanes) is 2. The zero-order valence-corrected chi connectivity index (χ0v) is 13.1. The van der Waals surface area contributed by atoms with Crippen molar-refractivity contribution >= 4 is 28.2 Å². The normalized spacial score (nSPS) is 16.5. The summed E-state index contributed by atoms with van der Waals surface area (Å²) in [6, 6.07) is -0.0308. The molecule has 0 aromatic rings. The van der Waals surface area contributed by atoms with E-state index in [1.54, 1.807) is 0 Å². The molecule has 114 valence electrons. The van der Waals surface area contributed by atoms with Gasteiger partial charge in [-0.1, -0.05) is 19.8 Å². The summed E-state index contributed by atoms with van der Waals surface area (Å²) in [6.45, 7) is 2.40. The number of amides is 1. The van der Waals surface area contributed by atoms with Crippen LogP contribution in [0.4, 0.5) is 0 Å². The van der Waals surface area contributed by atoms with Crippen LogP contribution in [0, 0.1) is 5.92 Å². The molecule has 0 aromatic carbocycles. The highest BCUT2D eigenvalue weighted by Crippen LogP contribution is 2.31. The molecule has 1 aliphatic rings. The molecule has 1 fully saturated rings. The fourth-order valence-corrected chi connectivity index (χ4v) is 3.11. The number of hydrogen-bond donors (Lipinski definition) is 2. The lowest BCUT2D eigenvalue weighted by Gasteiger charge is -2.11. The maximum atomic E-state index is 11.6. The minimum atomic E-state index is -3.26. The van der Waals surface area contributed by atoms with Crippen LogP contribution >= 0.6 is 12.4 Å². The Morgan fingerprint density at radius 2 is 2.00 bits per heavy atom. The van der Waals surface area contributed by atoms with Crippen LogP contribution in [-0.2, 0) is 14.6 Å². The van der Waals surface area contributed by atoms with E-state index in [1.807, 2.05) is 6.92 Å². The van der Waals surface area contributed by atoms with Gasteiger partial charge in [0.05, 0.1) is 5.75 Å². The molecule has 0 heterocycles. The Morgan fingerprint density at radius 3 is 2.53 bits per heavy atom. The summed E-state index contributed by atoms with van der Waals surface area (Å²) in [7, 11) is -3.26. The minimum Gasteiger partial charge on any atom is -0.354 e. The van der Waals surface area contributed by atoms with Crippen LogP contribution in [0.2, 0.25) is 0 Å². The van der Waals surface area contributed by atoms with Gasteiger partial charge in [-0.15, -0.1) is 12.4 Å². The first-order valence-electron chi connectivity index (χ1n) is 6.67. The second kappa shape index (κ2) is 8.76. The van der Waals surface area contributed by atoms with Gasteiger partial charge in [-0.2, -0.15) is 0 Å².